The molecule has 9 nitrogen and oxygen atoms in total. The highest BCUT2D eigenvalue weighted by atomic mass is 16.7. The van der Waals surface area contributed by atoms with Gasteiger partial charge in [-0.1, -0.05) is 20.7 Å². The van der Waals surface area contributed by atoms with Crippen LogP contribution in [0.2, 0.25) is 0 Å². The van der Waals surface area contributed by atoms with Crippen LogP contribution >= 0.6 is 0 Å². The molecule has 0 aromatic heterocycles. The van der Waals surface area contributed by atoms with E-state index in [4.69, 9.17) is 21.1 Å². The van der Waals surface area contributed by atoms with Gasteiger partial charge in [-0.3, -0.25) is 14.4 Å². The highest BCUT2D eigenvalue weighted by Gasteiger charge is 2.47. The summed E-state index contributed by atoms with van der Waals surface area (Å²) in [4.78, 5) is 36.0. The van der Waals surface area contributed by atoms with Crippen molar-refractivity contribution < 1.29 is 45.7 Å². The topological polar surface area (TPSA) is 131 Å². The van der Waals surface area contributed by atoms with Gasteiger partial charge < -0.3 is 29.7 Å². The number of rotatable bonds is 10. The number of amides is 1. The van der Waals surface area contributed by atoms with Crippen LogP contribution in [0.15, 0.2) is 0 Å². The SMILES string of the molecule is [2H]C([2H])([2H])CC([2H])([2H])C(=O)N[C@H]1C(O)O[C@H](COC(=O)CCC)[C@@H](OC(=O)CCC)[C@@H]1O. The second-order valence-electron chi connectivity index (χ2n) is 6.05. The Kier molecular flexibility index (Phi) is 7.16. The molecule has 5 atom stereocenters. The van der Waals surface area contributed by atoms with Gasteiger partial charge >= 0.3 is 11.9 Å². The molecule has 0 saturated carbocycles. The molecule has 1 aliphatic rings. The summed E-state index contributed by atoms with van der Waals surface area (Å²) in [6, 6.07) is -1.64. The maximum atomic E-state index is 12.3. The number of carbonyl (C=O) groups excluding carboxylic acids is 3. The van der Waals surface area contributed by atoms with Crippen LogP contribution in [0.1, 0.15) is 66.0 Å². The van der Waals surface area contributed by atoms with Crippen LogP contribution < -0.4 is 5.32 Å². The Morgan fingerprint density at radius 1 is 1.15 bits per heavy atom. The highest BCUT2D eigenvalue weighted by Crippen LogP contribution is 2.24. The Morgan fingerprint density at radius 3 is 2.44 bits per heavy atom. The fraction of sp³-hybridized carbons (Fsp3) is 0.833. The Labute approximate surface area is 166 Å². The van der Waals surface area contributed by atoms with Crippen molar-refractivity contribution in [1.82, 2.24) is 5.32 Å². The van der Waals surface area contributed by atoms with Crippen molar-refractivity contribution >= 4 is 17.8 Å². The summed E-state index contributed by atoms with van der Waals surface area (Å²) in [5, 5.41) is 23.0. The number of esters is 2. The first-order valence-corrected chi connectivity index (χ1v) is 8.89. The molecule has 0 aromatic rings. The van der Waals surface area contributed by atoms with Crippen LogP contribution in [0.3, 0.4) is 0 Å². The second-order valence-corrected chi connectivity index (χ2v) is 6.05. The zero-order chi connectivity index (χ0) is 24.7. The summed E-state index contributed by atoms with van der Waals surface area (Å²) >= 11 is 0. The summed E-state index contributed by atoms with van der Waals surface area (Å²) in [5.74, 6) is -2.66. The maximum Gasteiger partial charge on any atom is 0.306 e. The lowest BCUT2D eigenvalue weighted by molar-refractivity contribution is -0.261. The summed E-state index contributed by atoms with van der Waals surface area (Å²) < 4.78 is 52.4. The van der Waals surface area contributed by atoms with Gasteiger partial charge in [0.2, 0.25) is 5.91 Å². The first-order valence-electron chi connectivity index (χ1n) is 11.4. The van der Waals surface area contributed by atoms with Gasteiger partial charge in [-0.25, -0.2) is 0 Å². The molecule has 1 rings (SSSR count). The van der Waals surface area contributed by atoms with Crippen LogP contribution in [-0.2, 0) is 28.6 Å². The lowest BCUT2D eigenvalue weighted by Gasteiger charge is -2.42. The van der Waals surface area contributed by atoms with Crippen molar-refractivity contribution in [3.8, 4) is 0 Å². The number of nitrogens with one attached hydrogen (secondary N) is 1. The molecule has 27 heavy (non-hydrogen) atoms. The molecule has 0 aliphatic carbocycles. The van der Waals surface area contributed by atoms with Crippen LogP contribution in [-0.4, -0.2) is 65.3 Å². The van der Waals surface area contributed by atoms with Crippen LogP contribution in [0.25, 0.3) is 0 Å². The number of hydrogen-bond donors (Lipinski definition) is 3. The van der Waals surface area contributed by atoms with Crippen molar-refractivity contribution in [2.45, 2.75) is 89.8 Å². The fourth-order valence-corrected chi connectivity index (χ4v) is 2.52. The minimum atomic E-state index is -2.84. The largest absolute Gasteiger partial charge is 0.463 e. The minimum absolute atomic E-state index is 0.00623. The monoisotopic (exact) mass is 394 g/mol. The third-order valence-corrected chi connectivity index (χ3v) is 3.82. The van der Waals surface area contributed by atoms with Crippen LogP contribution in [0.4, 0.5) is 0 Å². The summed E-state index contributed by atoms with van der Waals surface area (Å²) in [6.45, 7) is 0.294. The molecule has 0 aromatic carbocycles. The summed E-state index contributed by atoms with van der Waals surface area (Å²) in [6.07, 6.45) is -9.20. The first-order chi connectivity index (χ1) is 14.7. The van der Waals surface area contributed by atoms with E-state index in [0.29, 0.717) is 12.8 Å². The van der Waals surface area contributed by atoms with E-state index in [-0.39, 0.29) is 12.8 Å². The number of aliphatic hydroxyl groups excluding tert-OH is 2. The number of hydrogen-bond acceptors (Lipinski definition) is 8. The fourth-order valence-electron chi connectivity index (χ4n) is 2.52. The Balaban J connectivity index is 3.00. The lowest BCUT2D eigenvalue weighted by atomic mass is 9.96. The van der Waals surface area contributed by atoms with Crippen molar-refractivity contribution in [3.63, 3.8) is 0 Å². The second kappa shape index (κ2) is 11.9. The summed E-state index contributed by atoms with van der Waals surface area (Å²) in [5.41, 5.74) is 0. The molecule has 156 valence electrons. The predicted molar refractivity (Wildman–Crippen MR) is 94.4 cm³/mol. The van der Waals surface area contributed by atoms with Gasteiger partial charge in [0.05, 0.1) is 0 Å². The van der Waals surface area contributed by atoms with Crippen LogP contribution in [0, 0.1) is 0 Å². The smallest absolute Gasteiger partial charge is 0.306 e. The Morgan fingerprint density at radius 2 is 1.81 bits per heavy atom. The average molecular weight is 394 g/mol. The van der Waals surface area contributed by atoms with E-state index in [9.17, 15) is 24.6 Å². The molecule has 0 bridgehead atoms. The van der Waals surface area contributed by atoms with Crippen LogP contribution in [0.5, 0.6) is 0 Å². The Hall–Kier alpha value is -1.71. The van der Waals surface area contributed by atoms with Crippen molar-refractivity contribution in [2.24, 2.45) is 0 Å². The number of aliphatic hydroxyl groups is 2. The molecule has 1 saturated heterocycles. The van der Waals surface area contributed by atoms with Gasteiger partial charge in [-0.05, 0) is 19.3 Å². The molecule has 1 fully saturated rings. The Bertz CT molecular complexity index is 660. The first kappa shape index (κ1) is 16.3. The van der Waals surface area contributed by atoms with Gasteiger partial charge in [0, 0.05) is 26.1 Å². The molecule has 1 unspecified atom stereocenters. The molecular formula is C18H31NO8. The van der Waals surface area contributed by atoms with Crippen molar-refractivity contribution in [3.05, 3.63) is 0 Å². The number of carbonyl (C=O) groups is 3. The van der Waals surface area contributed by atoms with Crippen molar-refractivity contribution in [2.75, 3.05) is 6.61 Å². The maximum absolute atomic E-state index is 12.3. The summed E-state index contributed by atoms with van der Waals surface area (Å²) in [7, 11) is 0. The molecule has 1 aliphatic heterocycles. The van der Waals surface area contributed by atoms with E-state index >= 15 is 0 Å². The minimum Gasteiger partial charge on any atom is -0.463 e. The van der Waals surface area contributed by atoms with Crippen molar-refractivity contribution in [1.29, 1.82) is 0 Å². The van der Waals surface area contributed by atoms with Gasteiger partial charge in [0.1, 0.15) is 24.9 Å². The lowest BCUT2D eigenvalue weighted by Crippen LogP contribution is -2.65. The third-order valence-electron chi connectivity index (χ3n) is 3.82. The highest BCUT2D eigenvalue weighted by molar-refractivity contribution is 5.76. The standard InChI is InChI=1S/C18H31NO8/c1-4-7-12(20)19-15-16(23)17(27-14(22)9-6-3)11(26-18(15)24)10-25-13(21)8-5-2/h11,15-18,23-24H,4-10H2,1-3H3,(H,19,20)/t11-,15-,16-,17-,18?/m1/s1/i1D3,7D2. The van der Waals surface area contributed by atoms with E-state index in [0.717, 1.165) is 0 Å². The molecule has 9 heteroatoms. The molecule has 1 heterocycles. The zero-order valence-electron chi connectivity index (χ0n) is 20.5. The molecular weight excluding hydrogens is 358 g/mol. The van der Waals surface area contributed by atoms with E-state index in [1.54, 1.807) is 13.8 Å². The van der Waals surface area contributed by atoms with Gasteiger partial charge in [-0.15, -0.1) is 0 Å². The number of ether oxygens (including phenoxy) is 3. The molecule has 0 radical (unpaired) electrons. The molecule has 1 amide bonds. The van der Waals surface area contributed by atoms with Gasteiger partial charge in [0.25, 0.3) is 0 Å². The molecule has 0 spiro atoms. The van der Waals surface area contributed by atoms with E-state index in [1.807, 2.05) is 5.32 Å². The average Bonchev–Trinajstić information content (AvgIpc) is 2.64. The zero-order valence-corrected chi connectivity index (χ0v) is 15.5. The van der Waals surface area contributed by atoms with E-state index < -0.39 is 74.7 Å². The molecule has 3 N–H and O–H groups in total. The van der Waals surface area contributed by atoms with Gasteiger partial charge in [0.15, 0.2) is 12.4 Å². The van der Waals surface area contributed by atoms with E-state index in [2.05, 4.69) is 0 Å². The van der Waals surface area contributed by atoms with Gasteiger partial charge in [-0.2, -0.15) is 0 Å². The quantitative estimate of drug-likeness (QED) is 0.454. The normalized spacial score (nSPS) is 31.4. The van der Waals surface area contributed by atoms with E-state index in [1.165, 1.54) is 0 Å². The predicted octanol–water partition coefficient (Wildman–Crippen LogP) is 0.405. The third kappa shape index (κ3) is 7.43.